The highest BCUT2D eigenvalue weighted by atomic mass is 32.1. The summed E-state index contributed by atoms with van der Waals surface area (Å²) in [5, 5.41) is 13.5. The molecule has 0 aliphatic carbocycles. The average molecular weight is 437 g/mol. The van der Waals surface area contributed by atoms with Crippen LogP contribution in [0, 0.1) is 0 Å². The van der Waals surface area contributed by atoms with Gasteiger partial charge < -0.3 is 16.0 Å². The van der Waals surface area contributed by atoms with Crippen LogP contribution in [-0.2, 0) is 4.79 Å². The first-order chi connectivity index (χ1) is 14.5. The summed E-state index contributed by atoms with van der Waals surface area (Å²) in [5.74, 6) is -0.433. The SMILES string of the molecule is CCC(=O)NC(=S)Nc1ccc(NC(=S)NC(=O)c2cccc3ccccc23)cc1. The number of nitrogens with one attached hydrogen (secondary N) is 4. The number of thiocarbonyl (C=S) groups is 2. The number of rotatable bonds is 4. The van der Waals surface area contributed by atoms with Gasteiger partial charge in [0.2, 0.25) is 5.91 Å². The van der Waals surface area contributed by atoms with Crippen LogP contribution >= 0.6 is 24.4 Å². The van der Waals surface area contributed by atoms with E-state index in [-0.39, 0.29) is 22.0 Å². The van der Waals surface area contributed by atoms with Crippen molar-refractivity contribution in [3.8, 4) is 0 Å². The summed E-state index contributed by atoms with van der Waals surface area (Å²) in [6.45, 7) is 1.75. The molecule has 8 heteroatoms. The molecule has 0 atom stereocenters. The molecule has 0 saturated heterocycles. The van der Waals surface area contributed by atoms with E-state index in [0.717, 1.165) is 10.8 Å². The maximum absolute atomic E-state index is 12.7. The Morgan fingerprint density at radius 3 is 1.97 bits per heavy atom. The van der Waals surface area contributed by atoms with Crippen LogP contribution in [0.2, 0.25) is 0 Å². The molecule has 0 unspecified atom stereocenters. The number of carbonyl (C=O) groups excluding carboxylic acids is 2. The number of anilines is 2. The average Bonchev–Trinajstić information content (AvgIpc) is 2.74. The van der Waals surface area contributed by atoms with Gasteiger partial charge in [-0.3, -0.25) is 14.9 Å². The molecule has 4 N–H and O–H groups in total. The van der Waals surface area contributed by atoms with Crippen LogP contribution in [0.3, 0.4) is 0 Å². The number of amides is 2. The van der Waals surface area contributed by atoms with E-state index in [1.807, 2.05) is 36.4 Å². The summed E-state index contributed by atoms with van der Waals surface area (Å²) in [7, 11) is 0. The van der Waals surface area contributed by atoms with Crippen molar-refractivity contribution < 1.29 is 9.59 Å². The molecule has 2 amide bonds. The first-order valence-corrected chi connectivity index (χ1v) is 10.1. The Bertz CT molecular complexity index is 1110. The third-order valence-electron chi connectivity index (χ3n) is 4.24. The fourth-order valence-electron chi connectivity index (χ4n) is 2.77. The molecule has 0 spiro atoms. The summed E-state index contributed by atoms with van der Waals surface area (Å²) in [6, 6.07) is 20.4. The van der Waals surface area contributed by atoms with Crippen molar-refractivity contribution in [2.24, 2.45) is 0 Å². The third-order valence-corrected chi connectivity index (χ3v) is 4.64. The van der Waals surface area contributed by atoms with E-state index in [0.29, 0.717) is 23.4 Å². The lowest BCUT2D eigenvalue weighted by atomic mass is 10.0. The second-order valence-corrected chi connectivity index (χ2v) is 7.18. The Labute approximate surface area is 185 Å². The highest BCUT2D eigenvalue weighted by molar-refractivity contribution is 7.80. The van der Waals surface area contributed by atoms with Crippen LogP contribution < -0.4 is 21.3 Å². The van der Waals surface area contributed by atoms with Gasteiger partial charge in [0.1, 0.15) is 0 Å². The molecule has 0 aliphatic heterocycles. The number of hydrogen-bond acceptors (Lipinski definition) is 4. The van der Waals surface area contributed by atoms with Gasteiger partial charge in [-0.15, -0.1) is 0 Å². The van der Waals surface area contributed by atoms with Crippen molar-refractivity contribution in [2.75, 3.05) is 10.6 Å². The van der Waals surface area contributed by atoms with Crippen molar-refractivity contribution in [2.45, 2.75) is 13.3 Å². The maximum Gasteiger partial charge on any atom is 0.258 e. The van der Waals surface area contributed by atoms with E-state index in [1.165, 1.54) is 0 Å². The summed E-state index contributed by atoms with van der Waals surface area (Å²) in [6.07, 6.45) is 0.354. The van der Waals surface area contributed by atoms with Crippen LogP contribution in [0.5, 0.6) is 0 Å². The van der Waals surface area contributed by atoms with Crippen molar-refractivity contribution in [1.82, 2.24) is 10.6 Å². The minimum Gasteiger partial charge on any atom is -0.332 e. The van der Waals surface area contributed by atoms with Crippen molar-refractivity contribution >= 4 is 68.6 Å². The smallest absolute Gasteiger partial charge is 0.258 e. The van der Waals surface area contributed by atoms with E-state index in [9.17, 15) is 9.59 Å². The van der Waals surface area contributed by atoms with Gasteiger partial charge in [-0.25, -0.2) is 0 Å². The van der Waals surface area contributed by atoms with Crippen molar-refractivity contribution in [3.63, 3.8) is 0 Å². The molecule has 0 radical (unpaired) electrons. The van der Waals surface area contributed by atoms with Crippen LogP contribution in [0.1, 0.15) is 23.7 Å². The number of benzene rings is 3. The molecule has 6 nitrogen and oxygen atoms in total. The molecule has 0 heterocycles. The highest BCUT2D eigenvalue weighted by Gasteiger charge is 2.11. The van der Waals surface area contributed by atoms with E-state index < -0.39 is 0 Å². The van der Waals surface area contributed by atoms with Gasteiger partial charge in [0.15, 0.2) is 10.2 Å². The molecule has 3 aromatic rings. The minimum absolute atomic E-state index is 0.155. The van der Waals surface area contributed by atoms with Gasteiger partial charge in [0.25, 0.3) is 5.91 Å². The second kappa shape index (κ2) is 9.91. The predicted molar refractivity (Wildman–Crippen MR) is 129 cm³/mol. The van der Waals surface area contributed by atoms with E-state index in [2.05, 4.69) is 21.3 Å². The lowest BCUT2D eigenvalue weighted by Crippen LogP contribution is -2.34. The Morgan fingerprint density at radius 1 is 0.767 bits per heavy atom. The van der Waals surface area contributed by atoms with E-state index >= 15 is 0 Å². The van der Waals surface area contributed by atoms with Gasteiger partial charge in [-0.1, -0.05) is 43.3 Å². The predicted octanol–water partition coefficient (Wildman–Crippen LogP) is 4.19. The molecule has 0 aliphatic rings. The molecular formula is C22H20N4O2S2. The fourth-order valence-corrected chi connectivity index (χ4v) is 3.21. The van der Waals surface area contributed by atoms with Crippen LogP contribution in [0.25, 0.3) is 10.8 Å². The standard InChI is InChI=1S/C22H20N4O2S2/c1-2-19(27)25-21(29)23-15-10-12-16(13-11-15)24-22(30)26-20(28)18-9-5-7-14-6-3-4-8-17(14)18/h3-13H,2H2,1H3,(H2,23,25,27,29)(H2,24,26,28,30). The van der Waals surface area contributed by atoms with Gasteiger partial charge in [0, 0.05) is 23.4 Å². The van der Waals surface area contributed by atoms with Crippen LogP contribution in [0.4, 0.5) is 11.4 Å². The Hall–Kier alpha value is -3.36. The Kier molecular flexibility index (Phi) is 7.05. The molecular weight excluding hydrogens is 416 g/mol. The third kappa shape index (κ3) is 5.59. The Morgan fingerprint density at radius 2 is 1.33 bits per heavy atom. The quantitative estimate of drug-likeness (QED) is 0.459. The van der Waals surface area contributed by atoms with Crippen molar-refractivity contribution in [1.29, 1.82) is 0 Å². The van der Waals surface area contributed by atoms with Crippen LogP contribution in [0.15, 0.2) is 66.7 Å². The molecule has 152 valence electrons. The zero-order chi connectivity index (χ0) is 21.5. The second-order valence-electron chi connectivity index (χ2n) is 6.37. The van der Waals surface area contributed by atoms with Crippen molar-refractivity contribution in [3.05, 3.63) is 72.3 Å². The summed E-state index contributed by atoms with van der Waals surface area (Å²) in [4.78, 5) is 24.0. The number of hydrogen-bond donors (Lipinski definition) is 4. The normalized spacial score (nSPS) is 10.2. The summed E-state index contributed by atoms with van der Waals surface area (Å²) >= 11 is 10.4. The van der Waals surface area contributed by atoms with Gasteiger partial charge in [-0.05, 0) is 65.5 Å². The molecule has 3 rings (SSSR count). The molecule has 0 fully saturated rings. The lowest BCUT2D eigenvalue weighted by Gasteiger charge is -2.12. The zero-order valence-electron chi connectivity index (χ0n) is 16.2. The first-order valence-electron chi connectivity index (χ1n) is 9.27. The topological polar surface area (TPSA) is 82.3 Å². The molecule has 30 heavy (non-hydrogen) atoms. The van der Waals surface area contributed by atoms with Gasteiger partial charge in [0.05, 0.1) is 0 Å². The van der Waals surface area contributed by atoms with Gasteiger partial charge >= 0.3 is 0 Å². The van der Waals surface area contributed by atoms with Crippen LogP contribution in [-0.4, -0.2) is 22.0 Å². The van der Waals surface area contributed by atoms with E-state index in [4.69, 9.17) is 24.4 Å². The molecule has 3 aromatic carbocycles. The van der Waals surface area contributed by atoms with Gasteiger partial charge in [-0.2, -0.15) is 0 Å². The summed E-state index contributed by atoms with van der Waals surface area (Å²) in [5.41, 5.74) is 1.97. The van der Waals surface area contributed by atoms with E-state index in [1.54, 1.807) is 37.3 Å². The Balaban J connectivity index is 1.59. The monoisotopic (exact) mass is 436 g/mol. The zero-order valence-corrected chi connectivity index (χ0v) is 17.8. The number of fused-ring (bicyclic) bond motifs is 1. The highest BCUT2D eigenvalue weighted by Crippen LogP contribution is 2.18. The largest absolute Gasteiger partial charge is 0.332 e. The molecule has 0 bridgehead atoms. The summed E-state index contributed by atoms with van der Waals surface area (Å²) < 4.78 is 0. The molecule has 0 aromatic heterocycles. The molecule has 0 saturated carbocycles. The fraction of sp³-hybridized carbons (Fsp3) is 0.0909. The lowest BCUT2D eigenvalue weighted by molar-refractivity contribution is -0.119. The maximum atomic E-state index is 12.7. The number of carbonyl (C=O) groups is 2. The first kappa shape index (κ1) is 21.4. The minimum atomic E-state index is -0.278.